The van der Waals surface area contributed by atoms with Gasteiger partial charge in [-0.1, -0.05) is 6.07 Å². The van der Waals surface area contributed by atoms with Crippen LogP contribution >= 0.6 is 0 Å². The first-order valence-electron chi connectivity index (χ1n) is 5.93. The van der Waals surface area contributed by atoms with Crippen molar-refractivity contribution in [3.8, 4) is 5.75 Å². The van der Waals surface area contributed by atoms with Crippen molar-refractivity contribution in [2.24, 2.45) is 0 Å². The third-order valence-electron chi connectivity index (χ3n) is 3.52. The number of hydrogen-bond donors (Lipinski definition) is 2. The van der Waals surface area contributed by atoms with Crippen molar-refractivity contribution in [2.45, 2.75) is 31.9 Å². The molecule has 1 aromatic rings. The molecule has 2 N–H and O–H groups in total. The van der Waals surface area contributed by atoms with Crippen LogP contribution in [0.25, 0.3) is 0 Å². The van der Waals surface area contributed by atoms with E-state index in [1.54, 1.807) is 6.92 Å². The fourth-order valence-corrected chi connectivity index (χ4v) is 2.48. The fourth-order valence-electron chi connectivity index (χ4n) is 2.48. The maximum atomic E-state index is 11.8. The monoisotopic (exact) mass is 246 g/mol. The number of nitrogens with one attached hydrogen (secondary N) is 2. The summed E-state index contributed by atoms with van der Waals surface area (Å²) in [6.45, 7) is 3.71. The Morgan fingerprint density at radius 2 is 2.17 bits per heavy atom. The predicted octanol–water partition coefficient (Wildman–Crippen LogP) is 1.06. The van der Waals surface area contributed by atoms with Gasteiger partial charge in [0.1, 0.15) is 17.4 Å². The van der Waals surface area contributed by atoms with Gasteiger partial charge in [-0.25, -0.2) is 4.79 Å². The topological polar surface area (TPSA) is 67.4 Å². The van der Waals surface area contributed by atoms with Crippen molar-refractivity contribution >= 4 is 11.9 Å². The van der Waals surface area contributed by atoms with Crippen molar-refractivity contribution < 1.29 is 14.3 Å². The molecule has 0 spiro atoms. The van der Waals surface area contributed by atoms with Crippen LogP contribution < -0.4 is 15.4 Å². The minimum absolute atomic E-state index is 0.162. The summed E-state index contributed by atoms with van der Waals surface area (Å²) in [5.41, 5.74) is 0.871. The summed E-state index contributed by atoms with van der Waals surface area (Å²) in [4.78, 5) is 23.1. The number of carbonyl (C=O) groups is 2. The van der Waals surface area contributed by atoms with Crippen LogP contribution in [-0.4, -0.2) is 18.0 Å². The zero-order valence-electron chi connectivity index (χ0n) is 10.2. The van der Waals surface area contributed by atoms with E-state index in [9.17, 15) is 9.59 Å². The molecule has 5 heteroatoms. The quantitative estimate of drug-likeness (QED) is 0.728. The highest BCUT2D eigenvalue weighted by Crippen LogP contribution is 2.33. The summed E-state index contributed by atoms with van der Waals surface area (Å²) in [6.07, 6.45) is 0.990. The van der Waals surface area contributed by atoms with Gasteiger partial charge in [-0.3, -0.25) is 10.1 Å². The van der Waals surface area contributed by atoms with E-state index < -0.39 is 11.6 Å². The van der Waals surface area contributed by atoms with Gasteiger partial charge < -0.3 is 10.1 Å². The molecule has 3 rings (SSSR count). The molecule has 1 saturated heterocycles. The van der Waals surface area contributed by atoms with Gasteiger partial charge in [0.15, 0.2) is 0 Å². The Labute approximate surface area is 105 Å². The number of carbonyl (C=O) groups excluding carboxylic acids is 2. The molecule has 0 bridgehead atoms. The van der Waals surface area contributed by atoms with Crippen LogP contribution in [0.15, 0.2) is 18.2 Å². The minimum atomic E-state index is -0.988. The van der Waals surface area contributed by atoms with Gasteiger partial charge in [0.05, 0.1) is 0 Å². The average molecular weight is 246 g/mol. The summed E-state index contributed by atoms with van der Waals surface area (Å²) >= 11 is 0. The van der Waals surface area contributed by atoms with Crippen LogP contribution in [0.4, 0.5) is 4.79 Å². The summed E-state index contributed by atoms with van der Waals surface area (Å²) in [6, 6.07) is 5.16. The Morgan fingerprint density at radius 3 is 2.83 bits per heavy atom. The SMILES string of the molecule is CC1Cc2cc(C3(C)NC(=O)NC3=O)ccc2O1. The molecule has 3 amide bonds. The highest BCUT2D eigenvalue weighted by atomic mass is 16.5. The highest BCUT2D eigenvalue weighted by molar-refractivity contribution is 6.07. The molecule has 0 saturated carbocycles. The molecule has 0 aromatic heterocycles. The minimum Gasteiger partial charge on any atom is -0.490 e. The molecule has 1 aromatic carbocycles. The lowest BCUT2D eigenvalue weighted by Crippen LogP contribution is -2.40. The molecular formula is C13H14N2O3. The average Bonchev–Trinajstić information content (AvgIpc) is 2.78. The largest absolute Gasteiger partial charge is 0.490 e. The number of fused-ring (bicyclic) bond motifs is 1. The van der Waals surface area contributed by atoms with Gasteiger partial charge in [0.2, 0.25) is 0 Å². The predicted molar refractivity (Wildman–Crippen MR) is 64.3 cm³/mol. The van der Waals surface area contributed by atoms with Gasteiger partial charge >= 0.3 is 6.03 Å². The second kappa shape index (κ2) is 3.48. The molecule has 0 radical (unpaired) electrons. The van der Waals surface area contributed by atoms with Crippen LogP contribution in [-0.2, 0) is 16.8 Å². The Kier molecular flexibility index (Phi) is 2.14. The van der Waals surface area contributed by atoms with Crippen LogP contribution in [0, 0.1) is 0 Å². The second-order valence-corrected chi connectivity index (χ2v) is 4.99. The number of rotatable bonds is 1. The first-order chi connectivity index (χ1) is 8.49. The molecule has 0 aliphatic carbocycles. The maximum absolute atomic E-state index is 11.8. The van der Waals surface area contributed by atoms with Crippen molar-refractivity contribution in [3.63, 3.8) is 0 Å². The molecule has 5 nitrogen and oxygen atoms in total. The van der Waals surface area contributed by atoms with Crippen molar-refractivity contribution in [3.05, 3.63) is 29.3 Å². The molecule has 94 valence electrons. The normalized spacial score (nSPS) is 29.6. The molecule has 2 atom stereocenters. The summed E-state index contributed by atoms with van der Waals surface area (Å²) in [7, 11) is 0. The first-order valence-corrected chi connectivity index (χ1v) is 5.93. The van der Waals surface area contributed by atoms with Crippen LogP contribution in [0.2, 0.25) is 0 Å². The van der Waals surface area contributed by atoms with Gasteiger partial charge in [-0.2, -0.15) is 0 Å². The van der Waals surface area contributed by atoms with E-state index in [1.807, 2.05) is 25.1 Å². The number of amides is 3. The molecule has 2 heterocycles. The zero-order chi connectivity index (χ0) is 12.9. The smallest absolute Gasteiger partial charge is 0.322 e. The van der Waals surface area contributed by atoms with Gasteiger partial charge in [0, 0.05) is 6.42 Å². The highest BCUT2D eigenvalue weighted by Gasteiger charge is 2.43. The van der Waals surface area contributed by atoms with Crippen LogP contribution in [0.3, 0.4) is 0 Å². The first kappa shape index (κ1) is 11.1. The fraction of sp³-hybridized carbons (Fsp3) is 0.385. The lowest BCUT2D eigenvalue weighted by molar-refractivity contribution is -0.123. The van der Waals surface area contributed by atoms with Crippen molar-refractivity contribution in [1.82, 2.24) is 10.6 Å². The number of urea groups is 1. The summed E-state index contributed by atoms with van der Waals surface area (Å²) in [5.74, 6) is 0.541. The molecule has 18 heavy (non-hydrogen) atoms. The lowest BCUT2D eigenvalue weighted by atomic mass is 9.90. The molecule has 2 aliphatic rings. The second-order valence-electron chi connectivity index (χ2n) is 4.99. The number of imide groups is 1. The molecular weight excluding hydrogens is 232 g/mol. The zero-order valence-corrected chi connectivity index (χ0v) is 10.2. The van der Waals surface area contributed by atoms with Gasteiger partial charge in [-0.15, -0.1) is 0 Å². The molecule has 2 unspecified atom stereocenters. The van der Waals surface area contributed by atoms with E-state index in [1.165, 1.54) is 0 Å². The molecule has 1 fully saturated rings. The van der Waals surface area contributed by atoms with Gasteiger partial charge in [0.25, 0.3) is 5.91 Å². The maximum Gasteiger partial charge on any atom is 0.322 e. The lowest BCUT2D eigenvalue weighted by Gasteiger charge is -2.21. The molecule has 2 aliphatic heterocycles. The standard InChI is InChI=1S/C13H14N2O3/c1-7-5-8-6-9(3-4-10(8)18-7)13(2)11(16)14-12(17)15-13/h3-4,6-7H,5H2,1-2H3,(H2,14,15,16,17). The van der Waals surface area contributed by atoms with Crippen LogP contribution in [0.5, 0.6) is 5.75 Å². The third kappa shape index (κ3) is 1.47. The number of benzene rings is 1. The van der Waals surface area contributed by atoms with Crippen LogP contribution in [0.1, 0.15) is 25.0 Å². The van der Waals surface area contributed by atoms with E-state index in [-0.39, 0.29) is 12.0 Å². The third-order valence-corrected chi connectivity index (χ3v) is 3.52. The summed E-state index contributed by atoms with van der Waals surface area (Å²) < 4.78 is 5.62. The Morgan fingerprint density at radius 1 is 1.39 bits per heavy atom. The van der Waals surface area contributed by atoms with E-state index in [0.29, 0.717) is 0 Å². The number of ether oxygens (including phenoxy) is 1. The van der Waals surface area contributed by atoms with E-state index in [0.717, 1.165) is 23.3 Å². The Balaban J connectivity index is 2.01. The Hall–Kier alpha value is -2.04. The van der Waals surface area contributed by atoms with Gasteiger partial charge in [-0.05, 0) is 37.1 Å². The Bertz CT molecular complexity index is 555. The summed E-state index contributed by atoms with van der Waals surface area (Å²) in [5, 5.41) is 4.92. The van der Waals surface area contributed by atoms with E-state index in [2.05, 4.69) is 10.6 Å². The van der Waals surface area contributed by atoms with Crippen molar-refractivity contribution in [2.75, 3.05) is 0 Å². The van der Waals surface area contributed by atoms with Crippen molar-refractivity contribution in [1.29, 1.82) is 0 Å². The van der Waals surface area contributed by atoms with E-state index in [4.69, 9.17) is 4.74 Å². The van der Waals surface area contributed by atoms with E-state index >= 15 is 0 Å². The number of hydrogen-bond acceptors (Lipinski definition) is 3.